The van der Waals surface area contributed by atoms with E-state index in [-0.39, 0.29) is 23.8 Å². The molecule has 0 radical (unpaired) electrons. The molecule has 0 spiro atoms. The molecule has 6 atom stereocenters. The highest BCUT2D eigenvalue weighted by Gasteiger charge is 2.31. The topological polar surface area (TPSA) is 316 Å². The van der Waals surface area contributed by atoms with Gasteiger partial charge in [-0.15, -0.1) is 0 Å². The van der Waals surface area contributed by atoms with Crippen molar-refractivity contribution in [2.75, 3.05) is 31.3 Å². The maximum Gasteiger partial charge on any atom is 0.245 e. The van der Waals surface area contributed by atoms with Crippen molar-refractivity contribution in [3.05, 3.63) is 18.2 Å². The van der Waals surface area contributed by atoms with Crippen molar-refractivity contribution in [3.8, 4) is 0 Å². The molecule has 0 bridgehead atoms. The maximum atomic E-state index is 13.1. The van der Waals surface area contributed by atoms with Crippen LogP contribution in [0.1, 0.15) is 19.7 Å². The zero-order chi connectivity index (χ0) is 35.1. The Morgan fingerprint density at radius 1 is 0.872 bits per heavy atom. The fraction of sp³-hybridized carbons (Fsp3) is 0.560. The molecule has 12 N–H and O–H groups in total. The number of aromatic amines is 1. The summed E-state index contributed by atoms with van der Waals surface area (Å²) in [7, 11) is 1.99. The number of H-pyrrole nitrogens is 1. The first-order chi connectivity index (χ1) is 22.2. The van der Waals surface area contributed by atoms with Crippen molar-refractivity contribution in [1.82, 2.24) is 47.2 Å². The van der Waals surface area contributed by atoms with Crippen molar-refractivity contribution in [3.63, 3.8) is 0 Å². The molecule has 2 rings (SSSR count). The number of amides is 8. The fourth-order valence-corrected chi connectivity index (χ4v) is 6.16. The number of rotatable bonds is 6. The van der Waals surface area contributed by atoms with Gasteiger partial charge in [-0.3, -0.25) is 38.4 Å². The number of aliphatic hydroxyl groups is 2. The van der Waals surface area contributed by atoms with Crippen molar-refractivity contribution in [2.24, 2.45) is 5.73 Å². The largest absolute Gasteiger partial charge is 0.394 e. The van der Waals surface area contributed by atoms with Crippen molar-refractivity contribution >= 4 is 68.8 Å². The van der Waals surface area contributed by atoms with Gasteiger partial charge in [-0.2, -0.15) is 0 Å². The molecule has 1 aliphatic rings. The van der Waals surface area contributed by atoms with Crippen LogP contribution in [0.4, 0.5) is 0 Å². The van der Waals surface area contributed by atoms with Crippen LogP contribution in [0.3, 0.4) is 0 Å². The SMILES string of the molecule is CC(=O)N[C@@H]1CSSC[C@H](C(N)=O)NC(=O)[C@H](CO)NC(=O)[C@H](C)NC(=O)CNC(=O)[C@H](Cc2ncc[nH]2)NC(=O)[C@H](CO)NC1=O. The molecule has 1 fully saturated rings. The van der Waals surface area contributed by atoms with E-state index in [4.69, 9.17) is 5.73 Å². The molecule has 20 nitrogen and oxygen atoms in total. The summed E-state index contributed by atoms with van der Waals surface area (Å²) in [6.45, 7) is 0.0179. The van der Waals surface area contributed by atoms with Crippen molar-refractivity contribution < 1.29 is 48.6 Å². The second-order valence-electron chi connectivity index (χ2n) is 10.1. The molecule has 47 heavy (non-hydrogen) atoms. The standard InChI is InChI=1S/C25H38N10O10S2/c1-11-21(41)33-14(7-36)24(44)35-16(20(26)40)9-46-47-10-17(31-12(2)38)25(45)34-15(8-37)23(43)32-13(5-18-27-3-4-28-18)22(42)29-6-19(39)30-11/h3-4,11,13-17,36-37H,5-10H2,1-2H3,(H2,26,40)(H,27,28)(H,29,42)(H,30,39)(H,31,38)(H,32,43)(H,33,41)(H,34,45)(H,35,44)/t11-,13-,14-,15-,16+,17+/m0/s1. The lowest BCUT2D eigenvalue weighted by atomic mass is 10.1. The maximum absolute atomic E-state index is 13.1. The Bertz CT molecular complexity index is 1300. The van der Waals surface area contributed by atoms with Gasteiger partial charge < -0.3 is 58.1 Å². The number of nitrogens with zero attached hydrogens (tertiary/aromatic N) is 1. The highest BCUT2D eigenvalue weighted by atomic mass is 33.1. The predicted octanol–water partition coefficient (Wildman–Crippen LogP) is -6.12. The average molecular weight is 703 g/mol. The Kier molecular flexibility index (Phi) is 15.9. The second-order valence-corrected chi connectivity index (χ2v) is 12.6. The summed E-state index contributed by atoms with van der Waals surface area (Å²) in [4.78, 5) is 108. The van der Waals surface area contributed by atoms with Crippen molar-refractivity contribution in [2.45, 2.75) is 56.5 Å². The summed E-state index contributed by atoms with van der Waals surface area (Å²) in [6, 6.07) is -8.20. The van der Waals surface area contributed by atoms with Crippen LogP contribution in [0.2, 0.25) is 0 Å². The second kappa shape index (κ2) is 19.3. The molecule has 1 aromatic heterocycles. The number of hydrogen-bond acceptors (Lipinski definition) is 13. The fourth-order valence-electron chi connectivity index (χ4n) is 3.82. The summed E-state index contributed by atoms with van der Waals surface area (Å²) in [5, 5.41) is 35.9. The van der Waals surface area contributed by atoms with E-state index in [1.165, 1.54) is 19.3 Å². The number of aliphatic hydroxyl groups excluding tert-OH is 2. The van der Waals surface area contributed by atoms with Crippen LogP contribution in [-0.2, 0) is 44.8 Å². The van der Waals surface area contributed by atoms with E-state index < -0.39 is 103 Å². The number of nitrogens with one attached hydrogen (secondary N) is 8. The molecular weight excluding hydrogens is 664 g/mol. The van der Waals surface area contributed by atoms with Gasteiger partial charge in [0.15, 0.2) is 0 Å². The van der Waals surface area contributed by atoms with Gasteiger partial charge in [-0.25, -0.2) is 4.98 Å². The van der Waals surface area contributed by atoms with Crippen LogP contribution in [0.25, 0.3) is 0 Å². The Labute approximate surface area is 276 Å². The summed E-state index contributed by atoms with van der Waals surface area (Å²) >= 11 is 0. The predicted molar refractivity (Wildman–Crippen MR) is 167 cm³/mol. The Hall–Kier alpha value is -4.41. The first kappa shape index (κ1) is 38.8. The Morgan fingerprint density at radius 3 is 2.04 bits per heavy atom. The molecule has 0 aliphatic carbocycles. The molecule has 0 aromatic carbocycles. The monoisotopic (exact) mass is 702 g/mol. The first-order valence-corrected chi connectivity index (χ1v) is 16.5. The zero-order valence-electron chi connectivity index (χ0n) is 25.4. The number of aromatic nitrogens is 2. The summed E-state index contributed by atoms with van der Waals surface area (Å²) in [6.07, 6.45) is 2.69. The number of imidazole rings is 1. The van der Waals surface area contributed by atoms with Gasteiger partial charge in [0.2, 0.25) is 47.3 Å². The van der Waals surface area contributed by atoms with E-state index in [0.29, 0.717) is 0 Å². The molecule has 8 amide bonds. The molecule has 1 aliphatic heterocycles. The highest BCUT2D eigenvalue weighted by Crippen LogP contribution is 2.23. The van der Waals surface area contributed by atoms with Crippen LogP contribution >= 0.6 is 21.6 Å². The minimum atomic E-state index is -1.57. The van der Waals surface area contributed by atoms with Gasteiger partial charge in [0.25, 0.3) is 0 Å². The molecule has 2 heterocycles. The summed E-state index contributed by atoms with van der Waals surface area (Å²) < 4.78 is 0. The van der Waals surface area contributed by atoms with E-state index >= 15 is 0 Å². The normalized spacial score (nSPS) is 26.4. The number of nitrogens with two attached hydrogens (primary N) is 1. The van der Waals surface area contributed by atoms with Crippen LogP contribution < -0.4 is 43.0 Å². The number of hydrogen-bond donors (Lipinski definition) is 11. The third-order valence-electron chi connectivity index (χ3n) is 6.32. The molecule has 1 aromatic rings. The zero-order valence-corrected chi connectivity index (χ0v) is 27.0. The number of carbonyl (C=O) groups is 8. The van der Waals surface area contributed by atoms with E-state index in [0.717, 1.165) is 28.5 Å². The van der Waals surface area contributed by atoms with Crippen LogP contribution in [0.15, 0.2) is 12.4 Å². The number of carbonyl (C=O) groups excluding carboxylic acids is 8. The lowest BCUT2D eigenvalue weighted by Gasteiger charge is -2.24. The van der Waals surface area contributed by atoms with Gasteiger partial charge in [0.1, 0.15) is 42.1 Å². The van der Waals surface area contributed by atoms with Crippen molar-refractivity contribution in [1.29, 1.82) is 0 Å². The quantitative estimate of drug-likeness (QED) is 0.123. The van der Waals surface area contributed by atoms with Crippen LogP contribution in [-0.4, -0.2) is 135 Å². The minimum Gasteiger partial charge on any atom is -0.394 e. The molecule has 22 heteroatoms. The van der Waals surface area contributed by atoms with Gasteiger partial charge >= 0.3 is 0 Å². The van der Waals surface area contributed by atoms with E-state index in [2.05, 4.69) is 47.2 Å². The lowest BCUT2D eigenvalue weighted by Crippen LogP contribution is -2.59. The minimum absolute atomic E-state index is 0.104. The first-order valence-electron chi connectivity index (χ1n) is 14.0. The Balaban J connectivity index is 2.35. The van der Waals surface area contributed by atoms with Crippen LogP contribution in [0.5, 0.6) is 0 Å². The van der Waals surface area contributed by atoms with E-state index in [1.807, 2.05) is 0 Å². The molecule has 260 valence electrons. The molecule has 1 saturated heterocycles. The molecule has 0 unspecified atom stereocenters. The van der Waals surface area contributed by atoms with Gasteiger partial charge in [-0.05, 0) is 6.92 Å². The van der Waals surface area contributed by atoms with Crippen LogP contribution in [0, 0.1) is 0 Å². The summed E-state index contributed by atoms with van der Waals surface area (Å²) in [5.41, 5.74) is 5.40. The van der Waals surface area contributed by atoms with Gasteiger partial charge in [-0.1, -0.05) is 21.6 Å². The van der Waals surface area contributed by atoms with E-state index in [9.17, 15) is 48.6 Å². The summed E-state index contributed by atoms with van der Waals surface area (Å²) in [5.74, 6) is -6.83. The molecular formula is C25H38N10O10S2. The smallest absolute Gasteiger partial charge is 0.245 e. The highest BCUT2D eigenvalue weighted by molar-refractivity contribution is 8.76. The average Bonchev–Trinajstić information content (AvgIpc) is 3.53. The number of primary amides is 1. The third-order valence-corrected chi connectivity index (χ3v) is 8.74. The van der Waals surface area contributed by atoms with E-state index in [1.54, 1.807) is 0 Å². The Morgan fingerprint density at radius 2 is 1.47 bits per heavy atom. The van der Waals surface area contributed by atoms with Gasteiger partial charge in [0.05, 0.1) is 19.8 Å². The third kappa shape index (κ3) is 13.1. The lowest BCUT2D eigenvalue weighted by molar-refractivity contribution is -0.134. The molecule has 0 saturated carbocycles. The van der Waals surface area contributed by atoms with Gasteiger partial charge in [0, 0.05) is 37.2 Å².